The van der Waals surface area contributed by atoms with Gasteiger partial charge in [0.15, 0.2) is 9.84 Å². The van der Waals surface area contributed by atoms with Crippen LogP contribution in [0.25, 0.3) is 0 Å². The van der Waals surface area contributed by atoms with E-state index in [9.17, 15) is 8.42 Å². The van der Waals surface area contributed by atoms with Crippen LogP contribution in [-0.2, 0) is 21.7 Å². The van der Waals surface area contributed by atoms with Gasteiger partial charge >= 0.3 is 0 Å². The summed E-state index contributed by atoms with van der Waals surface area (Å²) in [6.07, 6.45) is 5.08. The first-order chi connectivity index (χ1) is 15.5. The van der Waals surface area contributed by atoms with E-state index in [1.54, 1.807) is 0 Å². The molecule has 2 aliphatic heterocycles. The van der Waals surface area contributed by atoms with Gasteiger partial charge in [0.25, 0.3) is 0 Å². The van der Waals surface area contributed by atoms with Gasteiger partial charge in [-0.3, -0.25) is 0 Å². The number of halogens is 1. The molecule has 0 aromatic heterocycles. The maximum Gasteiger partial charge on any atom is 0.155 e. The molecule has 0 spiro atoms. The molecule has 2 N–H and O–H groups in total. The van der Waals surface area contributed by atoms with Gasteiger partial charge in [-0.2, -0.15) is 0 Å². The van der Waals surface area contributed by atoms with Crippen LogP contribution in [0, 0.1) is 0 Å². The third-order valence-electron chi connectivity index (χ3n) is 7.48. The third-order valence-corrected chi connectivity index (χ3v) is 9.94. The average molecular weight is 475 g/mol. The molecule has 1 aliphatic carbocycles. The summed E-state index contributed by atoms with van der Waals surface area (Å²) in [6, 6.07) is 15.0. The van der Waals surface area contributed by atoms with Crippen molar-refractivity contribution in [3.63, 3.8) is 0 Å². The summed E-state index contributed by atoms with van der Waals surface area (Å²) >= 11 is 6.16. The molecule has 5 nitrogen and oxygen atoms in total. The summed E-state index contributed by atoms with van der Waals surface area (Å²) in [7, 11) is -3.01. The summed E-state index contributed by atoms with van der Waals surface area (Å²) in [6.45, 7) is 2.55. The molecule has 1 atom stereocenters. The number of rotatable bonds is 8. The Morgan fingerprint density at radius 3 is 2.53 bits per heavy atom. The minimum Gasteiger partial charge on any atom is -0.494 e. The highest BCUT2D eigenvalue weighted by Crippen LogP contribution is 2.53. The number of benzene rings is 2. The first-order valence-corrected chi connectivity index (χ1v) is 13.7. The SMILES string of the molecule is O=S(=O)(CCCOc1ccc2c(c1)C(C1(c3ccc(Cl)cc3)CCC1)NCC2)C1CNC1. The van der Waals surface area contributed by atoms with Gasteiger partial charge in [0.05, 0.1) is 17.6 Å². The molecular weight excluding hydrogens is 444 g/mol. The van der Waals surface area contributed by atoms with Crippen molar-refractivity contribution in [1.29, 1.82) is 0 Å². The molecule has 0 amide bonds. The van der Waals surface area contributed by atoms with Crippen molar-refractivity contribution in [1.82, 2.24) is 10.6 Å². The second kappa shape index (κ2) is 8.98. The van der Waals surface area contributed by atoms with Gasteiger partial charge < -0.3 is 15.4 Å². The second-order valence-electron chi connectivity index (χ2n) is 9.36. The number of hydrogen-bond acceptors (Lipinski definition) is 5. The Bertz CT molecular complexity index is 1060. The van der Waals surface area contributed by atoms with E-state index >= 15 is 0 Å². The van der Waals surface area contributed by atoms with Crippen molar-refractivity contribution in [3.05, 3.63) is 64.2 Å². The van der Waals surface area contributed by atoms with Crippen LogP contribution < -0.4 is 15.4 Å². The van der Waals surface area contributed by atoms with Gasteiger partial charge in [0.2, 0.25) is 0 Å². The Hall–Kier alpha value is -1.60. The van der Waals surface area contributed by atoms with Crippen molar-refractivity contribution in [2.24, 2.45) is 0 Å². The van der Waals surface area contributed by atoms with E-state index in [0.717, 1.165) is 36.6 Å². The van der Waals surface area contributed by atoms with Crippen LogP contribution in [-0.4, -0.2) is 45.7 Å². The number of sulfone groups is 1. The van der Waals surface area contributed by atoms with Crippen LogP contribution >= 0.6 is 11.6 Å². The van der Waals surface area contributed by atoms with E-state index in [0.29, 0.717) is 26.1 Å². The first-order valence-electron chi connectivity index (χ1n) is 11.7. The van der Waals surface area contributed by atoms with Crippen LogP contribution in [0.1, 0.15) is 48.4 Å². The highest BCUT2D eigenvalue weighted by Gasteiger charge is 2.47. The zero-order chi connectivity index (χ0) is 22.2. The molecule has 1 unspecified atom stereocenters. The largest absolute Gasteiger partial charge is 0.494 e. The smallest absolute Gasteiger partial charge is 0.155 e. The lowest BCUT2D eigenvalue weighted by Gasteiger charge is -2.50. The molecule has 0 bridgehead atoms. The molecule has 7 heteroatoms. The zero-order valence-electron chi connectivity index (χ0n) is 18.3. The van der Waals surface area contributed by atoms with Crippen LogP contribution in [0.5, 0.6) is 5.75 Å². The minimum absolute atomic E-state index is 0.0866. The molecule has 2 aromatic rings. The molecule has 3 aliphatic rings. The van der Waals surface area contributed by atoms with E-state index in [1.165, 1.54) is 23.1 Å². The summed E-state index contributed by atoms with van der Waals surface area (Å²) in [5.74, 6) is 1.01. The summed E-state index contributed by atoms with van der Waals surface area (Å²) in [4.78, 5) is 0. The Kier molecular flexibility index (Phi) is 6.23. The van der Waals surface area contributed by atoms with Gasteiger partial charge in [-0.1, -0.05) is 36.2 Å². The molecule has 1 saturated heterocycles. The van der Waals surface area contributed by atoms with E-state index in [1.807, 2.05) is 18.2 Å². The predicted molar refractivity (Wildman–Crippen MR) is 128 cm³/mol. The highest BCUT2D eigenvalue weighted by atomic mass is 35.5. The standard InChI is InChI=1S/C25H31ClN2O3S/c26-20-6-4-19(5-7-20)25(10-1-11-25)24-23-15-21(8-3-18(23)9-12-28-24)31-13-2-14-32(29,30)22-16-27-17-22/h3-8,15,22,24,27-28H,1-2,9-14,16-17H2. The first kappa shape index (κ1) is 22.2. The maximum atomic E-state index is 12.3. The van der Waals surface area contributed by atoms with E-state index in [4.69, 9.17) is 16.3 Å². The van der Waals surface area contributed by atoms with E-state index < -0.39 is 9.84 Å². The Morgan fingerprint density at radius 1 is 1.09 bits per heavy atom. The maximum absolute atomic E-state index is 12.3. The molecule has 32 heavy (non-hydrogen) atoms. The minimum atomic E-state index is -3.01. The molecule has 172 valence electrons. The Balaban J connectivity index is 1.30. The number of fused-ring (bicyclic) bond motifs is 1. The number of ether oxygens (including phenoxy) is 1. The monoisotopic (exact) mass is 474 g/mol. The number of nitrogens with one attached hydrogen (secondary N) is 2. The van der Waals surface area contributed by atoms with Gasteiger partial charge in [-0.05, 0) is 73.2 Å². The predicted octanol–water partition coefficient (Wildman–Crippen LogP) is 3.80. The third kappa shape index (κ3) is 4.18. The van der Waals surface area contributed by atoms with Crippen molar-refractivity contribution < 1.29 is 13.2 Å². The normalized spacial score (nSPS) is 22.5. The lowest BCUT2D eigenvalue weighted by Crippen LogP contribution is -2.52. The number of hydrogen-bond donors (Lipinski definition) is 2. The van der Waals surface area contributed by atoms with E-state index in [2.05, 4.69) is 34.9 Å². The van der Waals surface area contributed by atoms with Crippen molar-refractivity contribution in [2.75, 3.05) is 32.0 Å². The second-order valence-corrected chi connectivity index (χ2v) is 12.2. The summed E-state index contributed by atoms with van der Waals surface area (Å²) < 4.78 is 30.5. The van der Waals surface area contributed by atoms with Crippen LogP contribution in [0.2, 0.25) is 5.02 Å². The molecule has 0 radical (unpaired) electrons. The fraction of sp³-hybridized carbons (Fsp3) is 0.520. The van der Waals surface area contributed by atoms with Crippen LogP contribution in [0.4, 0.5) is 0 Å². The van der Waals surface area contributed by atoms with Gasteiger partial charge in [-0.25, -0.2) is 8.42 Å². The topological polar surface area (TPSA) is 67.4 Å². The lowest BCUT2D eigenvalue weighted by atomic mass is 9.58. The van der Waals surface area contributed by atoms with Crippen LogP contribution in [0.3, 0.4) is 0 Å². The molecular formula is C25H31ClN2O3S. The van der Waals surface area contributed by atoms with Gasteiger partial charge in [-0.15, -0.1) is 0 Å². The van der Waals surface area contributed by atoms with Crippen LogP contribution in [0.15, 0.2) is 42.5 Å². The molecule has 2 aromatic carbocycles. The zero-order valence-corrected chi connectivity index (χ0v) is 19.9. The van der Waals surface area contributed by atoms with Crippen molar-refractivity contribution in [3.8, 4) is 5.75 Å². The Morgan fingerprint density at radius 2 is 1.88 bits per heavy atom. The van der Waals surface area contributed by atoms with Gasteiger partial charge in [0.1, 0.15) is 5.75 Å². The molecule has 5 rings (SSSR count). The van der Waals surface area contributed by atoms with Crippen molar-refractivity contribution >= 4 is 21.4 Å². The molecule has 1 saturated carbocycles. The quantitative estimate of drug-likeness (QED) is 0.569. The fourth-order valence-electron chi connectivity index (χ4n) is 5.33. The molecule has 2 heterocycles. The summed E-state index contributed by atoms with van der Waals surface area (Å²) in [5.41, 5.74) is 4.13. The fourth-order valence-corrected chi connectivity index (χ4v) is 7.05. The lowest BCUT2D eigenvalue weighted by molar-refractivity contribution is 0.164. The highest BCUT2D eigenvalue weighted by molar-refractivity contribution is 7.92. The van der Waals surface area contributed by atoms with E-state index in [-0.39, 0.29) is 22.5 Å². The Labute approximate surface area is 195 Å². The summed E-state index contributed by atoms with van der Waals surface area (Å²) in [5, 5.41) is 7.38. The molecule has 2 fully saturated rings. The average Bonchev–Trinajstić information content (AvgIpc) is 2.70. The van der Waals surface area contributed by atoms with Gasteiger partial charge in [0, 0.05) is 29.6 Å². The van der Waals surface area contributed by atoms with Crippen molar-refractivity contribution in [2.45, 2.75) is 48.8 Å².